The average molecular weight is 263 g/mol. The minimum atomic E-state index is -1.04. The van der Waals surface area contributed by atoms with Gasteiger partial charge >= 0.3 is 5.97 Å². The summed E-state index contributed by atoms with van der Waals surface area (Å²) in [6.45, 7) is 0.0761. The fraction of sp³-hybridized carbons (Fsp3) is 0.0714. The van der Waals surface area contributed by atoms with Gasteiger partial charge in [-0.3, -0.25) is 0 Å². The second-order valence-corrected chi connectivity index (χ2v) is 3.95. The van der Waals surface area contributed by atoms with Gasteiger partial charge in [0.25, 0.3) is 0 Å². The van der Waals surface area contributed by atoms with Crippen molar-refractivity contribution < 1.29 is 18.7 Å². The first-order valence-corrected chi connectivity index (χ1v) is 5.58. The molecule has 0 bridgehead atoms. The van der Waals surface area contributed by atoms with E-state index in [2.05, 4.69) is 5.32 Å². The summed E-state index contributed by atoms with van der Waals surface area (Å²) in [6, 6.07) is 10.0. The lowest BCUT2D eigenvalue weighted by atomic mass is 10.1. The molecule has 0 heterocycles. The highest BCUT2D eigenvalue weighted by atomic mass is 19.2. The molecule has 2 N–H and O–H groups in total. The second-order valence-electron chi connectivity index (χ2n) is 3.95. The van der Waals surface area contributed by atoms with E-state index in [0.717, 1.165) is 6.07 Å². The van der Waals surface area contributed by atoms with E-state index < -0.39 is 17.6 Å². The minimum absolute atomic E-state index is 0.0761. The van der Waals surface area contributed by atoms with Gasteiger partial charge < -0.3 is 10.4 Å². The molecule has 0 aliphatic heterocycles. The van der Waals surface area contributed by atoms with Crippen molar-refractivity contribution in [1.82, 2.24) is 0 Å². The maximum atomic E-state index is 13.4. The first kappa shape index (κ1) is 13.0. The maximum absolute atomic E-state index is 13.4. The number of carbonyl (C=O) groups is 1. The zero-order chi connectivity index (χ0) is 13.8. The van der Waals surface area contributed by atoms with Crippen LogP contribution in [0.2, 0.25) is 0 Å². The van der Waals surface area contributed by atoms with Gasteiger partial charge in [-0.25, -0.2) is 13.6 Å². The van der Waals surface area contributed by atoms with E-state index in [-0.39, 0.29) is 17.7 Å². The fourth-order valence-electron chi connectivity index (χ4n) is 1.64. The van der Waals surface area contributed by atoms with E-state index in [9.17, 15) is 13.6 Å². The number of aromatic carboxylic acids is 1. The van der Waals surface area contributed by atoms with E-state index in [1.165, 1.54) is 24.3 Å². The number of anilines is 1. The minimum Gasteiger partial charge on any atom is -0.478 e. The molecule has 5 heteroatoms. The smallest absolute Gasteiger partial charge is 0.335 e. The molecule has 0 aromatic heterocycles. The third-order valence-corrected chi connectivity index (χ3v) is 2.62. The summed E-state index contributed by atoms with van der Waals surface area (Å²) in [6.07, 6.45) is 0. The van der Waals surface area contributed by atoms with E-state index >= 15 is 0 Å². The Kier molecular flexibility index (Phi) is 3.75. The highest BCUT2D eigenvalue weighted by Crippen LogP contribution is 2.15. The van der Waals surface area contributed by atoms with Crippen molar-refractivity contribution in [2.45, 2.75) is 6.54 Å². The lowest BCUT2D eigenvalue weighted by molar-refractivity contribution is 0.0697. The van der Waals surface area contributed by atoms with Crippen LogP contribution in [-0.4, -0.2) is 11.1 Å². The molecule has 0 aliphatic carbocycles. The largest absolute Gasteiger partial charge is 0.478 e. The molecule has 3 nitrogen and oxygen atoms in total. The summed E-state index contributed by atoms with van der Waals surface area (Å²) < 4.78 is 26.4. The van der Waals surface area contributed by atoms with E-state index in [1.54, 1.807) is 12.1 Å². The van der Waals surface area contributed by atoms with Gasteiger partial charge in [-0.2, -0.15) is 0 Å². The molecular formula is C14H11F2NO2. The molecule has 2 aromatic rings. The molecule has 0 spiro atoms. The van der Waals surface area contributed by atoms with Gasteiger partial charge in [-0.05, 0) is 24.3 Å². The van der Waals surface area contributed by atoms with Crippen LogP contribution in [0, 0.1) is 11.6 Å². The van der Waals surface area contributed by atoms with Gasteiger partial charge in [-0.15, -0.1) is 0 Å². The number of carboxylic acid groups (broad SMARTS) is 1. The average Bonchev–Trinajstić information content (AvgIpc) is 2.41. The third-order valence-electron chi connectivity index (χ3n) is 2.62. The SMILES string of the molecule is O=C(O)c1cccc(NCc2cccc(F)c2F)c1. The Labute approximate surface area is 108 Å². The van der Waals surface area contributed by atoms with Crippen molar-refractivity contribution in [1.29, 1.82) is 0 Å². The molecule has 98 valence electrons. The van der Waals surface area contributed by atoms with Crippen molar-refractivity contribution in [3.8, 4) is 0 Å². The Bertz CT molecular complexity index is 614. The Morgan fingerprint density at radius 3 is 2.63 bits per heavy atom. The molecule has 0 radical (unpaired) electrons. The van der Waals surface area contributed by atoms with Crippen LogP contribution in [0.25, 0.3) is 0 Å². The molecule has 2 aromatic carbocycles. The summed E-state index contributed by atoms with van der Waals surface area (Å²) in [5.41, 5.74) is 0.842. The standard InChI is InChI=1S/C14H11F2NO2/c15-12-6-2-4-10(13(12)16)8-17-11-5-1-3-9(7-11)14(18)19/h1-7,17H,8H2,(H,18,19). The van der Waals surface area contributed by atoms with Crippen molar-refractivity contribution in [3.63, 3.8) is 0 Å². The predicted molar refractivity (Wildman–Crippen MR) is 67.1 cm³/mol. The summed E-state index contributed by atoms with van der Waals surface area (Å²) in [7, 11) is 0. The predicted octanol–water partition coefficient (Wildman–Crippen LogP) is 3.28. The van der Waals surface area contributed by atoms with Crippen molar-refractivity contribution in [2.24, 2.45) is 0 Å². The van der Waals surface area contributed by atoms with Gasteiger partial charge in [0.2, 0.25) is 0 Å². The number of carboxylic acids is 1. The highest BCUT2D eigenvalue weighted by Gasteiger charge is 2.08. The number of benzene rings is 2. The topological polar surface area (TPSA) is 49.3 Å². The van der Waals surface area contributed by atoms with Crippen molar-refractivity contribution >= 4 is 11.7 Å². The molecule has 2 rings (SSSR count). The van der Waals surface area contributed by atoms with Crippen LogP contribution in [-0.2, 0) is 6.54 Å². The summed E-state index contributed by atoms with van der Waals surface area (Å²) >= 11 is 0. The number of nitrogens with one attached hydrogen (secondary N) is 1. The van der Waals surface area contributed by atoms with Gasteiger partial charge in [0.1, 0.15) is 0 Å². The highest BCUT2D eigenvalue weighted by molar-refractivity contribution is 5.88. The summed E-state index contributed by atoms with van der Waals surface area (Å²) in [4.78, 5) is 10.8. The molecular weight excluding hydrogens is 252 g/mol. The van der Waals surface area contributed by atoms with Gasteiger partial charge in [0, 0.05) is 17.8 Å². The zero-order valence-electron chi connectivity index (χ0n) is 9.86. The Morgan fingerprint density at radius 1 is 1.16 bits per heavy atom. The van der Waals surface area contributed by atoms with Crippen molar-refractivity contribution in [2.75, 3.05) is 5.32 Å². The molecule has 0 aliphatic rings. The Balaban J connectivity index is 2.12. The quantitative estimate of drug-likeness (QED) is 0.890. The number of halogens is 2. The van der Waals surface area contributed by atoms with Gasteiger partial charge in [0.15, 0.2) is 11.6 Å². The van der Waals surface area contributed by atoms with E-state index in [0.29, 0.717) is 5.69 Å². The molecule has 0 atom stereocenters. The van der Waals surface area contributed by atoms with Crippen molar-refractivity contribution in [3.05, 3.63) is 65.2 Å². The van der Waals surface area contributed by atoms with Gasteiger partial charge in [0.05, 0.1) is 5.56 Å². The van der Waals surface area contributed by atoms with E-state index in [4.69, 9.17) is 5.11 Å². The molecule has 0 fully saturated rings. The van der Waals surface area contributed by atoms with E-state index in [1.807, 2.05) is 0 Å². The van der Waals surface area contributed by atoms with Crippen LogP contribution in [0.4, 0.5) is 14.5 Å². The maximum Gasteiger partial charge on any atom is 0.335 e. The van der Waals surface area contributed by atoms with Crippen LogP contribution in [0.3, 0.4) is 0 Å². The molecule has 0 saturated heterocycles. The Hall–Kier alpha value is -2.43. The van der Waals surface area contributed by atoms with Crippen LogP contribution >= 0.6 is 0 Å². The van der Waals surface area contributed by atoms with Gasteiger partial charge in [-0.1, -0.05) is 18.2 Å². The molecule has 0 unspecified atom stereocenters. The van der Waals surface area contributed by atoms with Crippen LogP contribution in [0.5, 0.6) is 0 Å². The first-order valence-electron chi connectivity index (χ1n) is 5.58. The number of hydrogen-bond donors (Lipinski definition) is 2. The third kappa shape index (κ3) is 3.07. The first-order chi connectivity index (χ1) is 9.08. The molecule has 0 saturated carbocycles. The normalized spacial score (nSPS) is 10.2. The van der Waals surface area contributed by atoms with Crippen LogP contribution in [0.1, 0.15) is 15.9 Å². The lowest BCUT2D eigenvalue weighted by Gasteiger charge is -2.08. The molecule has 19 heavy (non-hydrogen) atoms. The lowest BCUT2D eigenvalue weighted by Crippen LogP contribution is -2.04. The summed E-state index contributed by atoms with van der Waals surface area (Å²) in [5.74, 6) is -2.84. The monoisotopic (exact) mass is 263 g/mol. The Morgan fingerprint density at radius 2 is 1.89 bits per heavy atom. The molecule has 0 amide bonds. The summed E-state index contributed by atoms with van der Waals surface area (Å²) in [5, 5.41) is 11.7. The van der Waals surface area contributed by atoms with Crippen LogP contribution in [0.15, 0.2) is 42.5 Å². The van der Waals surface area contributed by atoms with Crippen LogP contribution < -0.4 is 5.32 Å². The zero-order valence-corrected chi connectivity index (χ0v) is 9.86. The number of rotatable bonds is 4. The number of hydrogen-bond acceptors (Lipinski definition) is 2. The fourth-order valence-corrected chi connectivity index (χ4v) is 1.64. The second kappa shape index (κ2) is 5.48.